The number of hydrogen-bond donors (Lipinski definition) is 0. The number of rotatable bonds is 5. The van der Waals surface area contributed by atoms with E-state index in [0.717, 1.165) is 51.4 Å². The van der Waals surface area contributed by atoms with Gasteiger partial charge in [-0.1, -0.05) is 12.1 Å². The van der Waals surface area contributed by atoms with Gasteiger partial charge in [-0.05, 0) is 48.9 Å². The van der Waals surface area contributed by atoms with E-state index in [0.29, 0.717) is 24.1 Å². The summed E-state index contributed by atoms with van der Waals surface area (Å²) in [7, 11) is 0. The summed E-state index contributed by atoms with van der Waals surface area (Å²) < 4.78 is 18.9. The molecule has 0 bridgehead atoms. The van der Waals surface area contributed by atoms with Crippen molar-refractivity contribution in [1.29, 1.82) is 0 Å². The molecule has 0 saturated carbocycles. The normalized spacial score (nSPS) is 23.8. The standard InChI is InChI=1S/C23H25FN2O2/c24-17-8-6-16(7-9-17)21(27)4-2-11-25-12-13-26-19-10-14-28-22-5-1-3-18(23(19)22)20(26)15-25/h1,3,5-9,19-20H,2,4,10-15H2. The number of ether oxygens (including phenoxy) is 1. The summed E-state index contributed by atoms with van der Waals surface area (Å²) >= 11 is 0. The molecular formula is C23H25FN2O2. The van der Waals surface area contributed by atoms with Gasteiger partial charge in [-0.3, -0.25) is 9.69 Å². The highest BCUT2D eigenvalue weighted by atomic mass is 19.1. The number of hydrogen-bond acceptors (Lipinski definition) is 4. The van der Waals surface area contributed by atoms with Crippen LogP contribution < -0.4 is 4.74 Å². The van der Waals surface area contributed by atoms with Crippen LogP contribution in [-0.4, -0.2) is 48.4 Å². The van der Waals surface area contributed by atoms with Gasteiger partial charge in [0.2, 0.25) is 0 Å². The number of nitrogens with zero attached hydrogens (tertiary/aromatic N) is 2. The first-order valence-electron chi connectivity index (χ1n) is 10.2. The predicted molar refractivity (Wildman–Crippen MR) is 105 cm³/mol. The Morgan fingerprint density at radius 1 is 1.11 bits per heavy atom. The van der Waals surface area contributed by atoms with Crippen LogP contribution in [0.5, 0.6) is 5.75 Å². The van der Waals surface area contributed by atoms with Crippen molar-refractivity contribution in [3.05, 3.63) is 65.0 Å². The molecule has 0 amide bonds. The van der Waals surface area contributed by atoms with Gasteiger partial charge in [-0.2, -0.15) is 0 Å². The SMILES string of the molecule is O=C(CCCN1CCN2C(C1)c1cccc3c1C2CCO3)c1ccc(F)cc1. The number of fused-ring (bicyclic) bond motifs is 3. The van der Waals surface area contributed by atoms with E-state index < -0.39 is 0 Å². The van der Waals surface area contributed by atoms with Gasteiger partial charge in [0.15, 0.2) is 5.78 Å². The lowest BCUT2D eigenvalue weighted by Gasteiger charge is -2.40. The minimum Gasteiger partial charge on any atom is -0.493 e. The van der Waals surface area contributed by atoms with Crippen LogP contribution in [0.4, 0.5) is 4.39 Å². The van der Waals surface area contributed by atoms with Gasteiger partial charge in [-0.25, -0.2) is 4.39 Å². The maximum atomic E-state index is 13.0. The molecule has 2 atom stereocenters. The molecule has 0 spiro atoms. The molecule has 3 aliphatic rings. The van der Waals surface area contributed by atoms with Crippen LogP contribution in [0.15, 0.2) is 42.5 Å². The molecule has 146 valence electrons. The van der Waals surface area contributed by atoms with Crippen LogP contribution in [0, 0.1) is 5.82 Å². The van der Waals surface area contributed by atoms with Gasteiger partial charge in [0.25, 0.3) is 0 Å². The molecule has 0 aliphatic carbocycles. The fourth-order valence-electron chi connectivity index (χ4n) is 5.04. The maximum Gasteiger partial charge on any atom is 0.162 e. The first-order chi connectivity index (χ1) is 13.7. The lowest BCUT2D eigenvalue weighted by atomic mass is 9.97. The molecule has 28 heavy (non-hydrogen) atoms. The van der Waals surface area contributed by atoms with E-state index in [1.165, 1.54) is 23.3 Å². The Morgan fingerprint density at radius 2 is 1.96 bits per heavy atom. The number of carbonyl (C=O) groups excluding carboxylic acids is 1. The van der Waals surface area contributed by atoms with Crippen molar-refractivity contribution in [1.82, 2.24) is 9.80 Å². The Bertz CT molecular complexity index is 883. The largest absolute Gasteiger partial charge is 0.493 e. The lowest BCUT2D eigenvalue weighted by Crippen LogP contribution is -2.47. The van der Waals surface area contributed by atoms with Crippen molar-refractivity contribution < 1.29 is 13.9 Å². The van der Waals surface area contributed by atoms with Crippen molar-refractivity contribution in [3.8, 4) is 5.75 Å². The number of Topliss-reactive ketones (excluding diaryl/α,β-unsaturated/α-hetero) is 1. The molecule has 3 heterocycles. The molecule has 1 saturated heterocycles. The fourth-order valence-corrected chi connectivity index (χ4v) is 5.04. The summed E-state index contributed by atoms with van der Waals surface area (Å²) in [4.78, 5) is 17.4. The minimum absolute atomic E-state index is 0.0950. The van der Waals surface area contributed by atoms with E-state index in [9.17, 15) is 9.18 Å². The fraction of sp³-hybridized carbons (Fsp3) is 0.435. The van der Waals surface area contributed by atoms with Crippen LogP contribution >= 0.6 is 0 Å². The molecule has 1 fully saturated rings. The highest BCUT2D eigenvalue weighted by Crippen LogP contribution is 2.50. The third kappa shape index (κ3) is 3.12. The molecule has 0 aromatic heterocycles. The van der Waals surface area contributed by atoms with Crippen LogP contribution in [0.1, 0.15) is 52.8 Å². The van der Waals surface area contributed by atoms with Gasteiger partial charge in [0, 0.05) is 55.7 Å². The second-order valence-corrected chi connectivity index (χ2v) is 8.00. The zero-order valence-corrected chi connectivity index (χ0v) is 15.9. The van der Waals surface area contributed by atoms with Crippen molar-refractivity contribution in [2.45, 2.75) is 31.3 Å². The molecule has 0 radical (unpaired) electrons. The molecule has 2 aromatic rings. The van der Waals surface area contributed by atoms with Crippen molar-refractivity contribution in [2.24, 2.45) is 0 Å². The van der Waals surface area contributed by atoms with Crippen molar-refractivity contribution in [2.75, 3.05) is 32.8 Å². The topological polar surface area (TPSA) is 32.8 Å². The van der Waals surface area contributed by atoms with Crippen molar-refractivity contribution in [3.63, 3.8) is 0 Å². The van der Waals surface area contributed by atoms with E-state index in [4.69, 9.17) is 4.74 Å². The van der Waals surface area contributed by atoms with E-state index in [1.807, 2.05) is 0 Å². The van der Waals surface area contributed by atoms with E-state index in [2.05, 4.69) is 28.0 Å². The molecule has 5 rings (SSSR count). The monoisotopic (exact) mass is 380 g/mol. The Kier molecular flexibility index (Phi) is 4.65. The summed E-state index contributed by atoms with van der Waals surface area (Å²) in [5.41, 5.74) is 3.44. The van der Waals surface area contributed by atoms with Gasteiger partial charge in [0.1, 0.15) is 11.6 Å². The number of carbonyl (C=O) groups is 1. The average Bonchev–Trinajstić information content (AvgIpc) is 3.04. The van der Waals surface area contributed by atoms with E-state index in [-0.39, 0.29) is 11.6 Å². The predicted octanol–water partition coefficient (Wildman–Crippen LogP) is 3.98. The third-order valence-electron chi connectivity index (χ3n) is 6.39. The smallest absolute Gasteiger partial charge is 0.162 e. The Labute approximate surface area is 164 Å². The molecule has 3 aliphatic heterocycles. The second kappa shape index (κ2) is 7.30. The molecule has 4 nitrogen and oxygen atoms in total. The lowest BCUT2D eigenvalue weighted by molar-refractivity contribution is 0.0440. The van der Waals surface area contributed by atoms with Crippen LogP contribution in [0.25, 0.3) is 0 Å². The van der Waals surface area contributed by atoms with E-state index >= 15 is 0 Å². The maximum absolute atomic E-state index is 13.0. The molecule has 2 unspecified atom stereocenters. The number of ketones is 1. The summed E-state index contributed by atoms with van der Waals surface area (Å²) in [5.74, 6) is 0.860. The highest BCUT2D eigenvalue weighted by Gasteiger charge is 2.44. The van der Waals surface area contributed by atoms with Crippen molar-refractivity contribution >= 4 is 5.78 Å². The number of piperazine rings is 1. The van der Waals surface area contributed by atoms with Crippen LogP contribution in [0.3, 0.4) is 0 Å². The first-order valence-corrected chi connectivity index (χ1v) is 10.2. The summed E-state index contributed by atoms with van der Waals surface area (Å²) in [6.07, 6.45) is 2.42. The minimum atomic E-state index is -0.304. The average molecular weight is 380 g/mol. The molecule has 2 aromatic carbocycles. The summed E-state index contributed by atoms with van der Waals surface area (Å²) in [6, 6.07) is 13.3. The Balaban J connectivity index is 1.20. The number of benzene rings is 2. The zero-order valence-electron chi connectivity index (χ0n) is 15.9. The van der Waals surface area contributed by atoms with Gasteiger partial charge in [0.05, 0.1) is 6.61 Å². The quantitative estimate of drug-likeness (QED) is 0.735. The summed E-state index contributed by atoms with van der Waals surface area (Å²) in [5, 5.41) is 0. The van der Waals surface area contributed by atoms with Gasteiger partial charge >= 0.3 is 0 Å². The van der Waals surface area contributed by atoms with Crippen LogP contribution in [0.2, 0.25) is 0 Å². The molecule has 5 heteroatoms. The van der Waals surface area contributed by atoms with Gasteiger partial charge in [-0.15, -0.1) is 0 Å². The van der Waals surface area contributed by atoms with E-state index in [1.54, 1.807) is 12.1 Å². The van der Waals surface area contributed by atoms with Crippen LogP contribution in [-0.2, 0) is 0 Å². The third-order valence-corrected chi connectivity index (χ3v) is 6.39. The first kappa shape index (κ1) is 17.8. The number of halogens is 1. The molecule has 0 N–H and O–H groups in total. The zero-order chi connectivity index (χ0) is 19.1. The highest BCUT2D eigenvalue weighted by molar-refractivity contribution is 5.95. The Morgan fingerprint density at radius 3 is 2.82 bits per heavy atom. The second-order valence-electron chi connectivity index (χ2n) is 8.00. The van der Waals surface area contributed by atoms with Gasteiger partial charge < -0.3 is 9.64 Å². The summed E-state index contributed by atoms with van der Waals surface area (Å²) in [6.45, 7) is 4.85. The Hall–Kier alpha value is -2.24. The molecular weight excluding hydrogens is 355 g/mol.